The van der Waals surface area contributed by atoms with Crippen molar-refractivity contribution >= 4 is 5.69 Å². The molecule has 2 N–H and O–H groups in total. The van der Waals surface area contributed by atoms with Crippen LogP contribution in [0.15, 0.2) is 18.2 Å². The third kappa shape index (κ3) is 3.96. The van der Waals surface area contributed by atoms with Crippen LogP contribution in [0, 0.1) is 5.82 Å². The van der Waals surface area contributed by atoms with Crippen molar-refractivity contribution in [3.63, 3.8) is 0 Å². The van der Waals surface area contributed by atoms with Gasteiger partial charge in [-0.1, -0.05) is 19.1 Å². The molecule has 3 nitrogen and oxygen atoms in total. The second-order valence-electron chi connectivity index (χ2n) is 4.99. The van der Waals surface area contributed by atoms with Crippen molar-refractivity contribution in [2.24, 2.45) is 0 Å². The Morgan fingerprint density at radius 3 is 2.56 bits per heavy atom. The van der Waals surface area contributed by atoms with Crippen LogP contribution in [0.5, 0.6) is 0 Å². The smallest absolute Gasteiger partial charge is 0.150 e. The second kappa shape index (κ2) is 6.71. The molecule has 0 aliphatic rings. The van der Waals surface area contributed by atoms with Crippen LogP contribution in [-0.4, -0.2) is 43.0 Å². The Labute approximate surface area is 109 Å². The zero-order valence-corrected chi connectivity index (χ0v) is 11.8. The van der Waals surface area contributed by atoms with E-state index < -0.39 is 0 Å². The number of anilines is 1. The van der Waals surface area contributed by atoms with Gasteiger partial charge in [0.25, 0.3) is 0 Å². The number of nitrogen functional groups attached to an aromatic ring is 1. The number of halogens is 1. The summed E-state index contributed by atoms with van der Waals surface area (Å²) in [5.41, 5.74) is 6.49. The van der Waals surface area contributed by atoms with E-state index in [0.717, 1.165) is 13.1 Å². The van der Waals surface area contributed by atoms with E-state index >= 15 is 0 Å². The second-order valence-corrected chi connectivity index (χ2v) is 4.99. The maximum atomic E-state index is 13.9. The molecular formula is C14H24FN3. The molecule has 0 amide bonds. The lowest BCUT2D eigenvalue weighted by molar-refractivity contribution is 0.172. The molecule has 0 spiro atoms. The van der Waals surface area contributed by atoms with E-state index in [2.05, 4.69) is 23.6 Å². The molecule has 0 aliphatic carbocycles. The highest BCUT2D eigenvalue weighted by Gasteiger charge is 2.15. The largest absolute Gasteiger partial charge is 0.396 e. The van der Waals surface area contributed by atoms with Crippen molar-refractivity contribution in [3.05, 3.63) is 29.6 Å². The highest BCUT2D eigenvalue weighted by Crippen LogP contribution is 2.17. The Bertz CT molecular complexity index is 379. The van der Waals surface area contributed by atoms with Gasteiger partial charge < -0.3 is 10.6 Å². The van der Waals surface area contributed by atoms with Crippen molar-refractivity contribution < 1.29 is 4.39 Å². The minimum Gasteiger partial charge on any atom is -0.396 e. The van der Waals surface area contributed by atoms with Crippen LogP contribution < -0.4 is 5.73 Å². The van der Waals surface area contributed by atoms with Gasteiger partial charge >= 0.3 is 0 Å². The van der Waals surface area contributed by atoms with Gasteiger partial charge in [0.1, 0.15) is 0 Å². The molecule has 0 bridgehead atoms. The van der Waals surface area contributed by atoms with Crippen LogP contribution in [-0.2, 0) is 6.54 Å². The molecule has 18 heavy (non-hydrogen) atoms. The van der Waals surface area contributed by atoms with Gasteiger partial charge in [0.15, 0.2) is 5.82 Å². The summed E-state index contributed by atoms with van der Waals surface area (Å²) in [5, 5.41) is 0. The fourth-order valence-electron chi connectivity index (χ4n) is 2.16. The molecule has 0 fully saturated rings. The lowest BCUT2D eigenvalue weighted by Crippen LogP contribution is -2.39. The first kappa shape index (κ1) is 14.9. The minimum absolute atomic E-state index is 0.226. The number of nitrogens with two attached hydrogens (primary N) is 1. The monoisotopic (exact) mass is 253 g/mol. The SMILES string of the molecule is CCN(Cc1cccc(N)c1F)C(C)CN(C)C. The van der Waals surface area contributed by atoms with E-state index in [1.165, 1.54) is 0 Å². The number of hydrogen-bond acceptors (Lipinski definition) is 3. The van der Waals surface area contributed by atoms with Gasteiger partial charge in [0.05, 0.1) is 5.69 Å². The average Bonchev–Trinajstić information content (AvgIpc) is 2.30. The number of nitrogens with zero attached hydrogens (tertiary/aromatic N) is 2. The first-order valence-electron chi connectivity index (χ1n) is 6.37. The zero-order chi connectivity index (χ0) is 13.7. The number of likely N-dealkylation sites (N-methyl/N-ethyl adjacent to an activating group) is 2. The van der Waals surface area contributed by atoms with E-state index in [1.54, 1.807) is 18.2 Å². The molecule has 1 unspecified atom stereocenters. The van der Waals surface area contributed by atoms with Crippen molar-refractivity contribution in [1.82, 2.24) is 9.80 Å². The van der Waals surface area contributed by atoms with Gasteiger partial charge in [-0.2, -0.15) is 0 Å². The highest BCUT2D eigenvalue weighted by atomic mass is 19.1. The Balaban J connectivity index is 2.76. The highest BCUT2D eigenvalue weighted by molar-refractivity contribution is 5.42. The van der Waals surface area contributed by atoms with E-state index in [-0.39, 0.29) is 11.5 Å². The van der Waals surface area contributed by atoms with E-state index in [1.807, 2.05) is 14.1 Å². The maximum Gasteiger partial charge on any atom is 0.150 e. The number of hydrogen-bond donors (Lipinski definition) is 1. The molecule has 0 radical (unpaired) electrons. The summed E-state index contributed by atoms with van der Waals surface area (Å²) >= 11 is 0. The van der Waals surface area contributed by atoms with E-state index in [9.17, 15) is 4.39 Å². The Morgan fingerprint density at radius 2 is 2.00 bits per heavy atom. The van der Waals surface area contributed by atoms with Gasteiger partial charge in [0, 0.05) is 24.7 Å². The molecule has 1 atom stereocenters. The van der Waals surface area contributed by atoms with Crippen LogP contribution in [0.1, 0.15) is 19.4 Å². The molecule has 0 saturated heterocycles. The topological polar surface area (TPSA) is 32.5 Å². The van der Waals surface area contributed by atoms with Gasteiger partial charge in [0.2, 0.25) is 0 Å². The van der Waals surface area contributed by atoms with Gasteiger partial charge in [-0.15, -0.1) is 0 Å². The lowest BCUT2D eigenvalue weighted by atomic mass is 10.1. The Kier molecular flexibility index (Phi) is 5.56. The molecule has 102 valence electrons. The zero-order valence-electron chi connectivity index (χ0n) is 11.8. The molecule has 4 heteroatoms. The fourth-order valence-corrected chi connectivity index (χ4v) is 2.16. The lowest BCUT2D eigenvalue weighted by Gasteiger charge is -2.30. The van der Waals surface area contributed by atoms with Crippen LogP contribution in [0.3, 0.4) is 0 Å². The fraction of sp³-hybridized carbons (Fsp3) is 0.571. The molecule has 1 rings (SSSR count). The van der Waals surface area contributed by atoms with Crippen LogP contribution in [0.25, 0.3) is 0 Å². The quantitative estimate of drug-likeness (QED) is 0.789. The van der Waals surface area contributed by atoms with Crippen molar-refractivity contribution in [1.29, 1.82) is 0 Å². The first-order chi connectivity index (χ1) is 8.45. The first-order valence-corrected chi connectivity index (χ1v) is 6.37. The van der Waals surface area contributed by atoms with Crippen molar-refractivity contribution in [2.75, 3.05) is 32.9 Å². The summed E-state index contributed by atoms with van der Waals surface area (Å²) in [6.45, 7) is 6.70. The Morgan fingerprint density at radius 1 is 1.33 bits per heavy atom. The predicted molar refractivity (Wildman–Crippen MR) is 74.9 cm³/mol. The van der Waals surface area contributed by atoms with Gasteiger partial charge in [-0.3, -0.25) is 4.90 Å². The number of benzene rings is 1. The van der Waals surface area contributed by atoms with E-state index in [0.29, 0.717) is 18.2 Å². The molecule has 0 saturated carbocycles. The third-order valence-electron chi connectivity index (χ3n) is 3.14. The summed E-state index contributed by atoms with van der Waals surface area (Å²) in [6.07, 6.45) is 0. The normalized spacial score (nSPS) is 13.3. The van der Waals surface area contributed by atoms with Crippen molar-refractivity contribution in [3.8, 4) is 0 Å². The molecule has 0 heterocycles. The third-order valence-corrected chi connectivity index (χ3v) is 3.14. The van der Waals surface area contributed by atoms with E-state index in [4.69, 9.17) is 5.73 Å². The van der Waals surface area contributed by atoms with Crippen LogP contribution >= 0.6 is 0 Å². The van der Waals surface area contributed by atoms with Crippen LogP contribution in [0.4, 0.5) is 10.1 Å². The summed E-state index contributed by atoms with van der Waals surface area (Å²) in [5.74, 6) is -0.284. The maximum absolute atomic E-state index is 13.9. The standard InChI is InChI=1S/C14H24FN3/c1-5-18(11(2)9-17(3)4)10-12-7-6-8-13(16)14(12)15/h6-8,11H,5,9-10,16H2,1-4H3. The predicted octanol–water partition coefficient (Wildman–Crippen LogP) is 2.18. The van der Waals surface area contributed by atoms with Crippen molar-refractivity contribution in [2.45, 2.75) is 26.4 Å². The van der Waals surface area contributed by atoms with Gasteiger partial charge in [-0.05, 0) is 33.6 Å². The molecule has 0 aromatic heterocycles. The summed E-state index contributed by atoms with van der Waals surface area (Å²) in [4.78, 5) is 4.39. The Hall–Kier alpha value is -1.13. The summed E-state index contributed by atoms with van der Waals surface area (Å²) in [7, 11) is 4.09. The average molecular weight is 253 g/mol. The minimum atomic E-state index is -0.284. The van der Waals surface area contributed by atoms with Crippen LogP contribution in [0.2, 0.25) is 0 Å². The number of rotatable bonds is 6. The molecule has 0 aliphatic heterocycles. The summed E-state index contributed by atoms with van der Waals surface area (Å²) < 4.78 is 13.9. The van der Waals surface area contributed by atoms with Gasteiger partial charge in [-0.25, -0.2) is 4.39 Å². The molecule has 1 aromatic rings. The molecule has 1 aromatic carbocycles. The molecular weight excluding hydrogens is 229 g/mol. The summed E-state index contributed by atoms with van der Waals surface area (Å²) in [6, 6.07) is 5.58.